The molecule has 0 aliphatic rings. The first-order valence-corrected chi connectivity index (χ1v) is 5.37. The van der Waals surface area contributed by atoms with E-state index in [2.05, 4.69) is 8.86 Å². The van der Waals surface area contributed by atoms with Gasteiger partial charge >= 0.3 is 31.5 Å². The van der Waals surface area contributed by atoms with E-state index in [0.717, 1.165) is 22.7 Å². The third-order valence-corrected chi connectivity index (χ3v) is 0. The van der Waals surface area contributed by atoms with Gasteiger partial charge in [0.15, 0.2) is 0 Å². The zero-order valence-corrected chi connectivity index (χ0v) is 9.27. The third-order valence-electron chi connectivity index (χ3n) is 0. The van der Waals surface area contributed by atoms with Gasteiger partial charge in [-0.1, -0.05) is 0 Å². The standard InChI is InChI=1S/Bi.Cu.Mo.S.H. The van der Waals surface area contributed by atoms with E-state index in [9.17, 15) is 0 Å². The molecule has 29 valence electrons. The molecule has 0 heterocycles. The number of rotatable bonds is 0. The molecule has 0 unspecified atom stereocenters. The molecule has 0 saturated heterocycles. The van der Waals surface area contributed by atoms with Crippen LogP contribution in [0.4, 0.5) is 0 Å². The molecule has 0 spiro atoms. The van der Waals surface area contributed by atoms with Crippen LogP contribution in [-0.2, 0) is 38.1 Å². The van der Waals surface area contributed by atoms with Crippen molar-refractivity contribution in [2.75, 3.05) is 0 Å². The second-order valence-electron chi connectivity index (χ2n) is 0. The first kappa shape index (κ1) is 16.2. The summed E-state index contributed by atoms with van der Waals surface area (Å²) in [4.78, 5) is 0. The average molecular weight is 402 g/mol. The molecule has 1 radical (unpaired) electrons. The van der Waals surface area contributed by atoms with Gasteiger partial charge in [-0.15, -0.1) is 0 Å². The fourth-order valence-electron chi connectivity index (χ4n) is 0. The Morgan fingerprint density at radius 2 is 1.25 bits per heavy atom. The average Bonchev–Trinajstić information content (AvgIpc) is 1.00. The van der Waals surface area contributed by atoms with E-state index in [-0.39, 0.29) is 38.1 Å². The molecule has 0 atom stereocenters. The topological polar surface area (TPSA) is 0 Å². The molecule has 4 heteroatoms. The van der Waals surface area contributed by atoms with Crippen molar-refractivity contribution in [2.45, 2.75) is 0 Å². The quantitative estimate of drug-likeness (QED) is 0.515. The van der Waals surface area contributed by atoms with Crippen molar-refractivity contribution in [2.24, 2.45) is 0 Å². The number of hydrogen-bond acceptors (Lipinski definition) is 1. The molecule has 0 amide bonds. The van der Waals surface area contributed by atoms with Crippen LogP contribution in [0.2, 0.25) is 0 Å². The Bertz CT molecular complexity index is 8.00. The number of hydrogen-bond donors (Lipinski definition) is 0. The maximum absolute atomic E-state index is 4.22. The molecule has 0 fully saturated rings. The van der Waals surface area contributed by atoms with E-state index < -0.39 is 0 Å². The van der Waals surface area contributed by atoms with Gasteiger partial charge in [0.05, 0.1) is 0 Å². The van der Waals surface area contributed by atoms with Crippen molar-refractivity contribution >= 4 is 31.5 Å². The fourth-order valence-corrected chi connectivity index (χ4v) is 0. The summed E-state index contributed by atoms with van der Waals surface area (Å²) >= 11 is 0.889. The predicted octanol–water partition coefficient (Wildman–Crippen LogP) is -0.00530. The molecule has 4 heavy (non-hydrogen) atoms. The molecular weight excluding hydrogens is 401 g/mol. The van der Waals surface area contributed by atoms with Gasteiger partial charge in [0.25, 0.3) is 0 Å². The summed E-state index contributed by atoms with van der Waals surface area (Å²) in [5.41, 5.74) is 0. The summed E-state index contributed by atoms with van der Waals surface area (Å²) in [6.45, 7) is 0. The third kappa shape index (κ3) is 8.85. The molecule has 0 nitrogen and oxygen atoms in total. The van der Waals surface area contributed by atoms with Crippen LogP contribution < -0.4 is 0 Å². The zero-order chi connectivity index (χ0) is 2.00. The molecule has 0 aliphatic heterocycles. The molecule has 0 bridgehead atoms. The van der Waals surface area contributed by atoms with Crippen LogP contribution in [0.5, 0.6) is 0 Å². The van der Waals surface area contributed by atoms with E-state index in [1.165, 1.54) is 0 Å². The van der Waals surface area contributed by atoms with Gasteiger partial charge in [0.1, 0.15) is 0 Å². The van der Waals surface area contributed by atoms with Gasteiger partial charge in [0, 0.05) is 38.1 Å². The van der Waals surface area contributed by atoms with Crippen LogP contribution in [0.25, 0.3) is 0 Å². The van der Waals surface area contributed by atoms with E-state index in [1.54, 1.807) is 0 Å². The summed E-state index contributed by atoms with van der Waals surface area (Å²) in [5.74, 6) is 0. The van der Waals surface area contributed by atoms with Crippen molar-refractivity contribution < 1.29 is 38.1 Å². The van der Waals surface area contributed by atoms with Crippen LogP contribution in [0.1, 0.15) is 0 Å². The van der Waals surface area contributed by atoms with Gasteiger partial charge in [-0.25, -0.2) is 0 Å². The van der Waals surface area contributed by atoms with Gasteiger partial charge in [-0.05, 0) is 0 Å². The Kier molecular flexibility index (Phi) is 75.0. The Balaban J connectivity index is -0.00000000500. The molecule has 0 aromatic carbocycles. The van der Waals surface area contributed by atoms with Crippen LogP contribution in [0.15, 0.2) is 0 Å². The van der Waals surface area contributed by atoms with E-state index in [4.69, 9.17) is 0 Å². The van der Waals surface area contributed by atoms with E-state index >= 15 is 0 Å². The SMILES string of the molecule is [Cu].[Mo].[S]=[BiH]. The summed E-state index contributed by atoms with van der Waals surface area (Å²) < 4.78 is 0. The van der Waals surface area contributed by atoms with Gasteiger partial charge in [0.2, 0.25) is 0 Å². The normalized spacial score (nSPS) is 1.00. The molecule has 0 aromatic heterocycles. The molecule has 0 N–H and O–H groups in total. The van der Waals surface area contributed by atoms with Crippen molar-refractivity contribution in [1.82, 2.24) is 0 Å². The Morgan fingerprint density at radius 3 is 1.25 bits per heavy atom. The summed E-state index contributed by atoms with van der Waals surface area (Å²) in [6, 6.07) is 0. The van der Waals surface area contributed by atoms with Crippen molar-refractivity contribution in [3.63, 3.8) is 0 Å². The molecule has 0 rings (SSSR count). The van der Waals surface area contributed by atoms with Crippen LogP contribution >= 0.6 is 8.86 Å². The van der Waals surface area contributed by atoms with E-state index in [1.807, 2.05) is 0 Å². The van der Waals surface area contributed by atoms with Gasteiger partial charge in [-0.2, -0.15) is 0 Å². The Morgan fingerprint density at radius 1 is 1.25 bits per heavy atom. The first-order valence-electron chi connectivity index (χ1n) is 0.204. The van der Waals surface area contributed by atoms with Gasteiger partial charge < -0.3 is 0 Å². The maximum atomic E-state index is 4.22. The Labute approximate surface area is 68.6 Å². The monoisotopic (exact) mass is 403 g/mol. The van der Waals surface area contributed by atoms with Crippen molar-refractivity contribution in [3.8, 4) is 0 Å². The minimum atomic E-state index is 0. The Hall–Kier alpha value is 2.31. The van der Waals surface area contributed by atoms with Crippen LogP contribution in [0, 0.1) is 0 Å². The molecule has 0 aliphatic carbocycles. The summed E-state index contributed by atoms with van der Waals surface area (Å²) in [5, 5.41) is 0. The van der Waals surface area contributed by atoms with Crippen LogP contribution in [0.3, 0.4) is 0 Å². The molecule has 0 saturated carbocycles. The van der Waals surface area contributed by atoms with Crippen molar-refractivity contribution in [3.05, 3.63) is 0 Å². The van der Waals surface area contributed by atoms with Crippen molar-refractivity contribution in [1.29, 1.82) is 0 Å². The summed E-state index contributed by atoms with van der Waals surface area (Å²) in [7, 11) is 4.22. The minimum absolute atomic E-state index is 0. The fraction of sp³-hybridized carbons (Fsp3) is 0. The zero-order valence-electron chi connectivity index (χ0n) is 1.62. The first-order chi connectivity index (χ1) is 1.00. The predicted molar refractivity (Wildman–Crippen MR) is 14.7 cm³/mol. The van der Waals surface area contributed by atoms with E-state index in [0.29, 0.717) is 0 Å². The van der Waals surface area contributed by atoms with Crippen LogP contribution in [-0.4, -0.2) is 22.7 Å². The second-order valence-corrected chi connectivity index (χ2v) is 0. The molecular formula is HBiCuMoS. The second kappa shape index (κ2) is 18.5. The summed E-state index contributed by atoms with van der Waals surface area (Å²) in [6.07, 6.45) is 0. The van der Waals surface area contributed by atoms with Gasteiger partial charge in [-0.3, -0.25) is 0 Å². The molecule has 0 aromatic rings.